The molecule has 2 unspecified atom stereocenters. The number of nitrogens with one attached hydrogen (secondary N) is 1. The van der Waals surface area contributed by atoms with E-state index < -0.39 is 0 Å². The third kappa shape index (κ3) is 6.50. The van der Waals surface area contributed by atoms with Crippen LogP contribution in [0.2, 0.25) is 0 Å². The van der Waals surface area contributed by atoms with Crippen molar-refractivity contribution in [2.75, 3.05) is 38.7 Å². The van der Waals surface area contributed by atoms with E-state index in [1.165, 1.54) is 51.1 Å². The summed E-state index contributed by atoms with van der Waals surface area (Å²) in [4.78, 5) is 2.53. The summed E-state index contributed by atoms with van der Waals surface area (Å²) in [6.07, 6.45) is 7.55. The fourth-order valence-corrected chi connectivity index (χ4v) is 3.76. The van der Waals surface area contributed by atoms with Crippen LogP contribution in [-0.2, 0) is 0 Å². The van der Waals surface area contributed by atoms with Crippen LogP contribution in [0.25, 0.3) is 0 Å². The van der Waals surface area contributed by atoms with Crippen LogP contribution in [0.3, 0.4) is 0 Å². The van der Waals surface area contributed by atoms with Crippen LogP contribution >= 0.6 is 11.8 Å². The molecule has 114 valence electrons. The fourth-order valence-electron chi connectivity index (χ4n) is 3.27. The Kier molecular flexibility index (Phi) is 7.78. The first-order valence-corrected chi connectivity index (χ1v) is 9.28. The van der Waals surface area contributed by atoms with E-state index in [2.05, 4.69) is 44.3 Å². The molecule has 0 saturated heterocycles. The molecular formula is C16H34N2S. The smallest absolute Gasteiger partial charge is 0.0108 e. The summed E-state index contributed by atoms with van der Waals surface area (Å²) in [5.74, 6) is 2.07. The van der Waals surface area contributed by atoms with Crippen LogP contribution in [0.15, 0.2) is 0 Å². The molecule has 0 heterocycles. The highest BCUT2D eigenvalue weighted by atomic mass is 32.2. The van der Waals surface area contributed by atoms with Crippen LogP contribution in [0.1, 0.15) is 46.5 Å². The Balaban J connectivity index is 2.50. The predicted molar refractivity (Wildman–Crippen MR) is 89.1 cm³/mol. The van der Waals surface area contributed by atoms with Crippen LogP contribution in [0.5, 0.6) is 0 Å². The Morgan fingerprint density at radius 3 is 2.74 bits per heavy atom. The molecule has 0 radical (unpaired) electrons. The average molecular weight is 287 g/mol. The SMILES string of the molecule is CCCNC1CCC(C)(C)CC1CN(C)CCSC. The summed E-state index contributed by atoms with van der Waals surface area (Å²) in [7, 11) is 2.29. The standard InChI is InChI=1S/C16H34N2S/c1-6-9-17-15-7-8-16(2,3)12-14(15)13-18(4)10-11-19-5/h14-15,17H,6-13H2,1-5H3. The molecule has 0 aliphatic heterocycles. The van der Waals surface area contributed by atoms with Crippen molar-refractivity contribution in [3.05, 3.63) is 0 Å². The molecule has 0 amide bonds. The molecule has 0 aromatic heterocycles. The Morgan fingerprint density at radius 2 is 2.11 bits per heavy atom. The second-order valence-corrected chi connectivity index (χ2v) is 7.97. The molecule has 19 heavy (non-hydrogen) atoms. The minimum Gasteiger partial charge on any atom is -0.314 e. The molecule has 1 saturated carbocycles. The van der Waals surface area contributed by atoms with Crippen molar-refractivity contribution < 1.29 is 0 Å². The van der Waals surface area contributed by atoms with E-state index in [1.807, 2.05) is 11.8 Å². The van der Waals surface area contributed by atoms with Gasteiger partial charge in [0.25, 0.3) is 0 Å². The minimum absolute atomic E-state index is 0.537. The Bertz CT molecular complexity index is 243. The lowest BCUT2D eigenvalue weighted by Gasteiger charge is -2.42. The fraction of sp³-hybridized carbons (Fsp3) is 1.00. The van der Waals surface area contributed by atoms with Crippen molar-refractivity contribution in [3.63, 3.8) is 0 Å². The Labute approximate surface area is 125 Å². The molecular weight excluding hydrogens is 252 g/mol. The molecule has 0 spiro atoms. The van der Waals surface area contributed by atoms with Crippen molar-refractivity contribution in [2.24, 2.45) is 11.3 Å². The highest BCUT2D eigenvalue weighted by Crippen LogP contribution is 2.39. The number of thioether (sulfide) groups is 1. The van der Waals surface area contributed by atoms with Crippen molar-refractivity contribution in [1.29, 1.82) is 0 Å². The average Bonchev–Trinajstić information content (AvgIpc) is 2.34. The molecule has 2 atom stereocenters. The van der Waals surface area contributed by atoms with E-state index in [4.69, 9.17) is 0 Å². The first kappa shape index (κ1) is 17.3. The van der Waals surface area contributed by atoms with Gasteiger partial charge in [-0.2, -0.15) is 11.8 Å². The van der Waals surface area contributed by atoms with E-state index in [-0.39, 0.29) is 0 Å². The van der Waals surface area contributed by atoms with Crippen molar-refractivity contribution in [1.82, 2.24) is 10.2 Å². The largest absolute Gasteiger partial charge is 0.314 e. The number of hydrogen-bond acceptors (Lipinski definition) is 3. The first-order chi connectivity index (χ1) is 8.98. The van der Waals surface area contributed by atoms with Gasteiger partial charge in [0.05, 0.1) is 0 Å². The molecule has 2 nitrogen and oxygen atoms in total. The van der Waals surface area contributed by atoms with Gasteiger partial charge in [0.2, 0.25) is 0 Å². The third-order valence-corrected chi connectivity index (χ3v) is 4.99. The van der Waals surface area contributed by atoms with Gasteiger partial charge in [-0.25, -0.2) is 0 Å². The third-order valence-electron chi connectivity index (χ3n) is 4.40. The molecule has 0 aromatic carbocycles. The molecule has 1 aliphatic carbocycles. The van der Waals surface area contributed by atoms with E-state index >= 15 is 0 Å². The molecule has 0 aromatic rings. The van der Waals surface area contributed by atoms with Gasteiger partial charge in [0.15, 0.2) is 0 Å². The van der Waals surface area contributed by atoms with Crippen LogP contribution in [0.4, 0.5) is 0 Å². The molecule has 1 fully saturated rings. The predicted octanol–water partition coefficient (Wildman–Crippen LogP) is 3.48. The zero-order valence-corrected chi connectivity index (χ0v) is 14.5. The van der Waals surface area contributed by atoms with Gasteiger partial charge in [-0.15, -0.1) is 0 Å². The summed E-state index contributed by atoms with van der Waals surface area (Å²) in [5, 5.41) is 3.79. The second-order valence-electron chi connectivity index (χ2n) is 6.98. The van der Waals surface area contributed by atoms with E-state index in [1.54, 1.807) is 0 Å². The Morgan fingerprint density at radius 1 is 1.37 bits per heavy atom. The minimum atomic E-state index is 0.537. The van der Waals surface area contributed by atoms with E-state index in [0.717, 1.165) is 12.0 Å². The zero-order chi connectivity index (χ0) is 14.3. The van der Waals surface area contributed by atoms with Gasteiger partial charge in [-0.1, -0.05) is 20.8 Å². The lowest BCUT2D eigenvalue weighted by molar-refractivity contribution is 0.110. The van der Waals surface area contributed by atoms with Crippen molar-refractivity contribution >= 4 is 11.8 Å². The maximum Gasteiger partial charge on any atom is 0.0108 e. The number of nitrogens with zero attached hydrogens (tertiary/aromatic N) is 1. The molecule has 1 N–H and O–H groups in total. The van der Waals surface area contributed by atoms with Crippen molar-refractivity contribution in [2.45, 2.75) is 52.5 Å². The van der Waals surface area contributed by atoms with Crippen LogP contribution in [0, 0.1) is 11.3 Å². The zero-order valence-electron chi connectivity index (χ0n) is 13.7. The summed E-state index contributed by atoms with van der Waals surface area (Å²) >= 11 is 1.95. The lowest BCUT2D eigenvalue weighted by atomic mass is 9.69. The van der Waals surface area contributed by atoms with Gasteiger partial charge >= 0.3 is 0 Å². The quantitative estimate of drug-likeness (QED) is 0.735. The normalized spacial score (nSPS) is 26.8. The maximum absolute atomic E-state index is 3.79. The Hall–Kier alpha value is 0.270. The summed E-state index contributed by atoms with van der Waals surface area (Å²) < 4.78 is 0. The number of rotatable bonds is 8. The first-order valence-electron chi connectivity index (χ1n) is 7.89. The maximum atomic E-state index is 3.79. The van der Waals surface area contributed by atoms with Crippen LogP contribution < -0.4 is 5.32 Å². The summed E-state index contributed by atoms with van der Waals surface area (Å²) in [6.45, 7) is 10.8. The second kappa shape index (κ2) is 8.53. The van der Waals surface area contributed by atoms with Gasteiger partial charge in [-0.05, 0) is 56.9 Å². The van der Waals surface area contributed by atoms with Gasteiger partial charge < -0.3 is 10.2 Å². The van der Waals surface area contributed by atoms with Gasteiger partial charge in [0, 0.05) is 24.9 Å². The molecule has 1 rings (SSSR count). The number of hydrogen-bond donors (Lipinski definition) is 1. The highest BCUT2D eigenvalue weighted by Gasteiger charge is 2.34. The van der Waals surface area contributed by atoms with Crippen molar-refractivity contribution in [3.8, 4) is 0 Å². The molecule has 3 heteroatoms. The van der Waals surface area contributed by atoms with Gasteiger partial charge in [-0.3, -0.25) is 0 Å². The highest BCUT2D eigenvalue weighted by molar-refractivity contribution is 7.98. The van der Waals surface area contributed by atoms with E-state index in [0.29, 0.717) is 5.41 Å². The molecule has 1 aliphatic rings. The monoisotopic (exact) mass is 286 g/mol. The summed E-state index contributed by atoms with van der Waals surface area (Å²) in [5.41, 5.74) is 0.537. The topological polar surface area (TPSA) is 15.3 Å². The lowest BCUT2D eigenvalue weighted by Crippen LogP contribution is -2.47. The summed E-state index contributed by atoms with van der Waals surface area (Å²) in [6, 6.07) is 0.740. The van der Waals surface area contributed by atoms with E-state index in [9.17, 15) is 0 Å². The van der Waals surface area contributed by atoms with Gasteiger partial charge in [0.1, 0.15) is 0 Å². The van der Waals surface area contributed by atoms with Crippen LogP contribution in [-0.4, -0.2) is 49.6 Å². The molecule has 0 bridgehead atoms.